The van der Waals surface area contributed by atoms with E-state index in [-0.39, 0.29) is 30.2 Å². The molecule has 0 atom stereocenters. The minimum absolute atomic E-state index is 0.164. The van der Waals surface area contributed by atoms with Gasteiger partial charge in [-0.05, 0) is 36.6 Å². The zero-order chi connectivity index (χ0) is 18.0. The molecule has 0 aliphatic carbocycles. The molecule has 0 unspecified atom stereocenters. The summed E-state index contributed by atoms with van der Waals surface area (Å²) in [7, 11) is -3.66. The quantitative estimate of drug-likeness (QED) is 0.874. The highest BCUT2D eigenvalue weighted by atomic mass is 32.2. The number of fused-ring (bicyclic) bond motifs is 1. The number of pyridine rings is 1. The topological polar surface area (TPSA) is 99.8 Å². The van der Waals surface area contributed by atoms with Crippen LogP contribution in [-0.2, 0) is 14.8 Å². The van der Waals surface area contributed by atoms with Crippen molar-refractivity contribution < 1.29 is 17.9 Å². The van der Waals surface area contributed by atoms with Gasteiger partial charge in [0.1, 0.15) is 0 Å². The van der Waals surface area contributed by atoms with E-state index in [1.807, 2.05) is 0 Å². The number of amides is 1. The fraction of sp³-hybridized carbons (Fsp3) is 0.375. The number of nitrogens with one attached hydrogen (secondary N) is 1. The molecule has 1 fully saturated rings. The van der Waals surface area contributed by atoms with E-state index in [4.69, 9.17) is 4.74 Å². The fourth-order valence-corrected chi connectivity index (χ4v) is 4.23. The van der Waals surface area contributed by atoms with Crippen molar-refractivity contribution in [2.24, 2.45) is 0 Å². The van der Waals surface area contributed by atoms with Crippen molar-refractivity contribution >= 4 is 27.0 Å². The van der Waals surface area contributed by atoms with Gasteiger partial charge in [-0.25, -0.2) is 13.2 Å². The third kappa shape index (κ3) is 3.52. The van der Waals surface area contributed by atoms with Gasteiger partial charge in [0.05, 0.1) is 11.5 Å². The molecule has 8 nitrogen and oxygen atoms in total. The second-order valence-corrected chi connectivity index (χ2v) is 7.60. The number of hydrogen-bond donors (Lipinski definition) is 1. The largest absolute Gasteiger partial charge is 0.450 e. The highest BCUT2D eigenvalue weighted by Gasteiger charge is 2.30. The summed E-state index contributed by atoms with van der Waals surface area (Å²) < 4.78 is 31.9. The molecule has 0 saturated carbocycles. The molecule has 1 aromatic carbocycles. The first-order chi connectivity index (χ1) is 11.9. The summed E-state index contributed by atoms with van der Waals surface area (Å²) in [6, 6.07) is 7.55. The fourth-order valence-electron chi connectivity index (χ4n) is 2.77. The first-order valence-electron chi connectivity index (χ1n) is 7.97. The van der Waals surface area contributed by atoms with E-state index >= 15 is 0 Å². The number of ether oxygens (including phenoxy) is 1. The third-order valence-electron chi connectivity index (χ3n) is 4.10. The average Bonchev–Trinajstić information content (AvgIpc) is 2.61. The number of H-pyrrole nitrogens is 1. The number of aromatic amines is 1. The Balaban J connectivity index is 1.79. The maximum atomic E-state index is 12.8. The molecule has 2 aromatic rings. The van der Waals surface area contributed by atoms with Gasteiger partial charge in [0.25, 0.3) is 0 Å². The number of carbonyl (C=O) groups excluding carboxylic acids is 1. The van der Waals surface area contributed by atoms with Gasteiger partial charge in [-0.3, -0.25) is 4.79 Å². The Labute approximate surface area is 145 Å². The molecule has 1 amide bonds. The van der Waals surface area contributed by atoms with Crippen molar-refractivity contribution in [3.8, 4) is 0 Å². The lowest BCUT2D eigenvalue weighted by atomic mass is 10.2. The molecule has 1 aliphatic rings. The zero-order valence-corrected chi connectivity index (χ0v) is 14.6. The molecule has 25 heavy (non-hydrogen) atoms. The van der Waals surface area contributed by atoms with Crippen LogP contribution in [0.3, 0.4) is 0 Å². The van der Waals surface area contributed by atoms with Gasteiger partial charge in [-0.15, -0.1) is 0 Å². The van der Waals surface area contributed by atoms with Crippen LogP contribution in [0.4, 0.5) is 4.79 Å². The highest BCUT2D eigenvalue weighted by Crippen LogP contribution is 2.21. The second-order valence-electron chi connectivity index (χ2n) is 5.66. The molecule has 1 aromatic heterocycles. The molecule has 0 radical (unpaired) electrons. The molecule has 0 spiro atoms. The van der Waals surface area contributed by atoms with Crippen LogP contribution in [0, 0.1) is 0 Å². The van der Waals surface area contributed by atoms with Crippen LogP contribution in [0.15, 0.2) is 40.0 Å². The number of hydrogen-bond acceptors (Lipinski definition) is 5. The first-order valence-corrected chi connectivity index (χ1v) is 9.41. The Morgan fingerprint density at radius 3 is 2.56 bits per heavy atom. The van der Waals surface area contributed by atoms with Crippen molar-refractivity contribution in [3.05, 3.63) is 40.7 Å². The molecule has 2 heterocycles. The van der Waals surface area contributed by atoms with Crippen LogP contribution >= 0.6 is 0 Å². The van der Waals surface area contributed by atoms with Crippen LogP contribution in [0.2, 0.25) is 0 Å². The van der Waals surface area contributed by atoms with E-state index in [9.17, 15) is 18.0 Å². The molecule has 134 valence electrons. The van der Waals surface area contributed by atoms with Gasteiger partial charge in [0.2, 0.25) is 15.6 Å². The standard InChI is InChI=1S/C16H19N3O5S/c1-2-24-16(21)18-7-9-19(10-8-18)25(22,23)13-4-5-14-12(11-13)3-6-15(20)17-14/h3-6,11H,2,7-10H2,1H3,(H,17,20). The summed E-state index contributed by atoms with van der Waals surface area (Å²) in [4.78, 5) is 27.3. The molecular weight excluding hydrogens is 346 g/mol. The van der Waals surface area contributed by atoms with E-state index in [0.29, 0.717) is 24.0 Å². The van der Waals surface area contributed by atoms with Gasteiger partial charge < -0.3 is 14.6 Å². The molecule has 3 rings (SSSR count). The SMILES string of the molecule is CCOC(=O)N1CCN(S(=O)(=O)c2ccc3[nH]c(=O)ccc3c2)CC1. The van der Waals surface area contributed by atoms with Gasteiger partial charge in [0.15, 0.2) is 0 Å². The smallest absolute Gasteiger partial charge is 0.409 e. The lowest BCUT2D eigenvalue weighted by Crippen LogP contribution is -2.50. The van der Waals surface area contributed by atoms with E-state index in [2.05, 4.69) is 4.98 Å². The van der Waals surface area contributed by atoms with Crippen LogP contribution < -0.4 is 5.56 Å². The van der Waals surface area contributed by atoms with Crippen LogP contribution in [0.5, 0.6) is 0 Å². The molecule has 1 N–H and O–H groups in total. The number of rotatable bonds is 3. The maximum Gasteiger partial charge on any atom is 0.409 e. The Bertz CT molecular complexity index is 946. The van der Waals surface area contributed by atoms with Crippen molar-refractivity contribution in [3.63, 3.8) is 0 Å². The summed E-state index contributed by atoms with van der Waals surface area (Å²) in [5, 5.41) is 0.644. The predicted molar refractivity (Wildman–Crippen MR) is 91.9 cm³/mol. The molecular formula is C16H19N3O5S. The number of nitrogens with zero attached hydrogens (tertiary/aromatic N) is 2. The van der Waals surface area contributed by atoms with Crippen molar-refractivity contribution in [2.75, 3.05) is 32.8 Å². The van der Waals surface area contributed by atoms with Crippen molar-refractivity contribution in [2.45, 2.75) is 11.8 Å². The normalized spacial score (nSPS) is 16.1. The Kier molecular flexibility index (Phi) is 4.78. The molecule has 0 bridgehead atoms. The van der Waals surface area contributed by atoms with E-state index in [1.165, 1.54) is 21.3 Å². The second kappa shape index (κ2) is 6.85. The maximum absolute atomic E-state index is 12.8. The van der Waals surface area contributed by atoms with Gasteiger partial charge >= 0.3 is 6.09 Å². The number of carbonyl (C=O) groups is 1. The van der Waals surface area contributed by atoms with Crippen LogP contribution in [0.1, 0.15) is 6.92 Å². The first kappa shape index (κ1) is 17.4. The molecule has 1 saturated heterocycles. The van der Waals surface area contributed by atoms with E-state index < -0.39 is 16.1 Å². The monoisotopic (exact) mass is 365 g/mol. The van der Waals surface area contributed by atoms with Crippen LogP contribution in [0.25, 0.3) is 10.9 Å². The van der Waals surface area contributed by atoms with Crippen molar-refractivity contribution in [1.82, 2.24) is 14.2 Å². The van der Waals surface area contributed by atoms with Gasteiger partial charge in [-0.1, -0.05) is 0 Å². The Morgan fingerprint density at radius 1 is 1.16 bits per heavy atom. The summed E-state index contributed by atoms with van der Waals surface area (Å²) in [6.07, 6.45) is -0.422. The van der Waals surface area contributed by atoms with E-state index in [0.717, 1.165) is 0 Å². The lowest BCUT2D eigenvalue weighted by molar-refractivity contribution is 0.0934. The number of sulfonamides is 1. The van der Waals surface area contributed by atoms with Crippen molar-refractivity contribution in [1.29, 1.82) is 0 Å². The van der Waals surface area contributed by atoms with Crippen LogP contribution in [-0.4, -0.2) is 61.5 Å². The Morgan fingerprint density at radius 2 is 1.88 bits per heavy atom. The number of piperazine rings is 1. The average molecular weight is 365 g/mol. The number of aromatic nitrogens is 1. The summed E-state index contributed by atoms with van der Waals surface area (Å²) >= 11 is 0. The third-order valence-corrected chi connectivity index (χ3v) is 5.99. The van der Waals surface area contributed by atoms with Gasteiger partial charge in [0, 0.05) is 37.8 Å². The van der Waals surface area contributed by atoms with Gasteiger partial charge in [-0.2, -0.15) is 4.31 Å². The lowest BCUT2D eigenvalue weighted by Gasteiger charge is -2.33. The summed E-state index contributed by atoms with van der Waals surface area (Å²) in [5.74, 6) is 0. The predicted octanol–water partition coefficient (Wildman–Crippen LogP) is 0.991. The Hall–Kier alpha value is -2.39. The highest BCUT2D eigenvalue weighted by molar-refractivity contribution is 7.89. The zero-order valence-electron chi connectivity index (χ0n) is 13.8. The molecule has 1 aliphatic heterocycles. The number of benzene rings is 1. The summed E-state index contributed by atoms with van der Waals surface area (Å²) in [5.41, 5.74) is 0.344. The minimum Gasteiger partial charge on any atom is -0.450 e. The van der Waals surface area contributed by atoms with E-state index in [1.54, 1.807) is 25.1 Å². The summed E-state index contributed by atoms with van der Waals surface area (Å²) in [6.45, 7) is 3.02. The molecule has 9 heteroatoms. The minimum atomic E-state index is -3.66.